The number of hydrogen-bond donors (Lipinski definition) is 2. The van der Waals surface area contributed by atoms with Crippen molar-refractivity contribution < 1.29 is 9.59 Å². The van der Waals surface area contributed by atoms with E-state index in [0.717, 1.165) is 25.9 Å². The molecule has 1 rings (SSSR count). The van der Waals surface area contributed by atoms with Gasteiger partial charge in [0.15, 0.2) is 0 Å². The molecule has 1 saturated heterocycles. The number of likely N-dealkylation sites (tertiary alicyclic amines) is 1. The summed E-state index contributed by atoms with van der Waals surface area (Å²) in [4.78, 5) is 27.3. The van der Waals surface area contributed by atoms with E-state index in [1.54, 1.807) is 13.8 Å². The third-order valence-electron chi connectivity index (χ3n) is 3.23. The fraction of sp³-hybridized carbons (Fsp3) is 0.846. The van der Waals surface area contributed by atoms with E-state index in [2.05, 4.69) is 5.32 Å². The van der Waals surface area contributed by atoms with Crippen molar-refractivity contribution in [3.63, 3.8) is 0 Å². The number of likely N-dealkylation sites (N-methyl/N-ethyl adjacent to an activating group) is 1. The monoisotopic (exact) mass is 270 g/mol. The van der Waals surface area contributed by atoms with Gasteiger partial charge >= 0.3 is 0 Å². The highest BCUT2D eigenvalue weighted by molar-refractivity contribution is 5.85. The molecule has 1 fully saturated rings. The molecule has 1 aliphatic rings. The average Bonchev–Trinajstić information content (AvgIpc) is 2.80. The van der Waals surface area contributed by atoms with E-state index in [-0.39, 0.29) is 11.8 Å². The largest absolute Gasteiger partial charge is 0.353 e. The third kappa shape index (κ3) is 5.57. The van der Waals surface area contributed by atoms with Gasteiger partial charge in [0.05, 0.1) is 12.1 Å². The summed E-state index contributed by atoms with van der Waals surface area (Å²) in [5.74, 6) is -0.00255. The lowest BCUT2D eigenvalue weighted by Crippen LogP contribution is -2.50. The van der Waals surface area contributed by atoms with Gasteiger partial charge in [-0.1, -0.05) is 0 Å². The lowest BCUT2D eigenvalue weighted by atomic mass is 10.1. The minimum atomic E-state index is -0.857. The minimum Gasteiger partial charge on any atom is -0.353 e. The number of hydrogen-bond acceptors (Lipinski definition) is 4. The number of nitrogens with zero attached hydrogens (tertiary/aromatic N) is 2. The summed E-state index contributed by atoms with van der Waals surface area (Å²) in [6.07, 6.45) is 2.22. The molecule has 1 aliphatic heterocycles. The second kappa shape index (κ2) is 6.86. The van der Waals surface area contributed by atoms with Crippen molar-refractivity contribution in [2.45, 2.75) is 32.2 Å². The van der Waals surface area contributed by atoms with Crippen molar-refractivity contribution in [3.8, 4) is 0 Å². The highest BCUT2D eigenvalue weighted by Gasteiger charge is 2.22. The zero-order valence-electron chi connectivity index (χ0n) is 12.2. The van der Waals surface area contributed by atoms with Gasteiger partial charge in [-0.25, -0.2) is 0 Å². The van der Waals surface area contributed by atoms with Gasteiger partial charge < -0.3 is 16.0 Å². The van der Waals surface area contributed by atoms with E-state index in [1.165, 1.54) is 0 Å². The molecule has 6 heteroatoms. The summed E-state index contributed by atoms with van der Waals surface area (Å²) in [5, 5.41) is 2.77. The van der Waals surface area contributed by atoms with E-state index >= 15 is 0 Å². The van der Waals surface area contributed by atoms with Crippen molar-refractivity contribution in [2.75, 3.05) is 39.8 Å². The standard InChI is InChI=1S/C13H26N4O2/c1-13(2,14)12(19)15-6-9-16(3)10-11(18)17-7-4-5-8-17/h4-10,14H2,1-3H3,(H,15,19). The lowest BCUT2D eigenvalue weighted by molar-refractivity contribution is -0.131. The smallest absolute Gasteiger partial charge is 0.239 e. The molecule has 0 saturated carbocycles. The fourth-order valence-electron chi connectivity index (χ4n) is 1.96. The number of amides is 2. The van der Waals surface area contributed by atoms with Crippen molar-refractivity contribution in [3.05, 3.63) is 0 Å². The summed E-state index contributed by atoms with van der Waals surface area (Å²) >= 11 is 0. The zero-order chi connectivity index (χ0) is 14.5. The molecule has 3 N–H and O–H groups in total. The molecule has 0 aromatic carbocycles. The summed E-state index contributed by atoms with van der Waals surface area (Å²) in [6, 6.07) is 0. The van der Waals surface area contributed by atoms with Gasteiger partial charge in [0.2, 0.25) is 11.8 Å². The molecule has 6 nitrogen and oxygen atoms in total. The number of carbonyl (C=O) groups excluding carboxylic acids is 2. The molecule has 0 atom stereocenters. The van der Waals surface area contributed by atoms with Crippen LogP contribution in [0.25, 0.3) is 0 Å². The Morgan fingerprint density at radius 3 is 2.42 bits per heavy atom. The second-order valence-electron chi connectivity index (χ2n) is 5.80. The number of nitrogens with one attached hydrogen (secondary N) is 1. The number of rotatable bonds is 6. The molecule has 2 amide bonds. The van der Waals surface area contributed by atoms with Crippen LogP contribution in [0, 0.1) is 0 Å². The van der Waals surface area contributed by atoms with E-state index in [9.17, 15) is 9.59 Å². The first kappa shape index (κ1) is 15.9. The van der Waals surface area contributed by atoms with Gasteiger partial charge in [-0.15, -0.1) is 0 Å². The van der Waals surface area contributed by atoms with Gasteiger partial charge in [0.1, 0.15) is 0 Å². The molecule has 0 bridgehead atoms. The topological polar surface area (TPSA) is 78.7 Å². The molecule has 0 spiro atoms. The maximum absolute atomic E-state index is 11.9. The summed E-state index contributed by atoms with van der Waals surface area (Å²) < 4.78 is 0. The Bertz CT molecular complexity index is 319. The maximum atomic E-state index is 11.9. The number of nitrogens with two attached hydrogens (primary N) is 1. The van der Waals surface area contributed by atoms with E-state index in [0.29, 0.717) is 19.6 Å². The molecule has 0 aromatic rings. The van der Waals surface area contributed by atoms with Crippen molar-refractivity contribution in [1.29, 1.82) is 0 Å². The van der Waals surface area contributed by atoms with Gasteiger partial charge in [-0.05, 0) is 33.7 Å². The SMILES string of the molecule is CN(CCNC(=O)C(C)(C)N)CC(=O)N1CCCC1. The van der Waals surface area contributed by atoms with Crippen LogP contribution in [0.4, 0.5) is 0 Å². The third-order valence-corrected chi connectivity index (χ3v) is 3.23. The Morgan fingerprint density at radius 1 is 1.32 bits per heavy atom. The van der Waals surface area contributed by atoms with Crippen LogP contribution in [0.15, 0.2) is 0 Å². The van der Waals surface area contributed by atoms with Gasteiger partial charge in [-0.3, -0.25) is 14.5 Å². The van der Waals surface area contributed by atoms with Gasteiger partial charge in [0, 0.05) is 26.2 Å². The Morgan fingerprint density at radius 2 is 1.89 bits per heavy atom. The van der Waals surface area contributed by atoms with Crippen molar-refractivity contribution in [1.82, 2.24) is 15.1 Å². The Hall–Kier alpha value is -1.14. The molecule has 110 valence electrons. The van der Waals surface area contributed by atoms with Gasteiger partial charge in [0.25, 0.3) is 0 Å². The molecule has 19 heavy (non-hydrogen) atoms. The highest BCUT2D eigenvalue weighted by atomic mass is 16.2. The van der Waals surface area contributed by atoms with Crippen LogP contribution >= 0.6 is 0 Å². The molecular weight excluding hydrogens is 244 g/mol. The van der Waals surface area contributed by atoms with Crippen molar-refractivity contribution in [2.24, 2.45) is 5.73 Å². The Labute approximate surface area is 115 Å². The van der Waals surface area contributed by atoms with Crippen LogP contribution in [0.1, 0.15) is 26.7 Å². The fourth-order valence-corrected chi connectivity index (χ4v) is 1.96. The molecule has 1 heterocycles. The minimum absolute atomic E-state index is 0.172. The van der Waals surface area contributed by atoms with Crippen LogP contribution in [-0.4, -0.2) is 66.9 Å². The molecule has 0 unspecified atom stereocenters. The quantitative estimate of drug-likeness (QED) is 0.675. The van der Waals surface area contributed by atoms with Crippen LogP contribution in [0.2, 0.25) is 0 Å². The predicted molar refractivity (Wildman–Crippen MR) is 74.6 cm³/mol. The summed E-state index contributed by atoms with van der Waals surface area (Å²) in [6.45, 7) is 6.65. The Balaban J connectivity index is 2.19. The molecule has 0 radical (unpaired) electrons. The number of carbonyl (C=O) groups is 2. The van der Waals surface area contributed by atoms with Crippen LogP contribution in [0.5, 0.6) is 0 Å². The maximum Gasteiger partial charge on any atom is 0.239 e. The van der Waals surface area contributed by atoms with E-state index in [4.69, 9.17) is 5.73 Å². The predicted octanol–water partition coefficient (Wildman–Crippen LogP) is -0.606. The van der Waals surface area contributed by atoms with Crippen LogP contribution in [-0.2, 0) is 9.59 Å². The summed E-state index contributed by atoms with van der Waals surface area (Å²) in [7, 11) is 1.88. The molecular formula is C13H26N4O2. The lowest BCUT2D eigenvalue weighted by Gasteiger charge is -2.22. The van der Waals surface area contributed by atoms with Gasteiger partial charge in [-0.2, -0.15) is 0 Å². The van der Waals surface area contributed by atoms with E-state index in [1.807, 2.05) is 16.8 Å². The first-order chi connectivity index (χ1) is 8.80. The highest BCUT2D eigenvalue weighted by Crippen LogP contribution is 2.07. The molecule has 0 aliphatic carbocycles. The second-order valence-corrected chi connectivity index (χ2v) is 5.80. The Kier molecular flexibility index (Phi) is 5.75. The summed E-state index contributed by atoms with van der Waals surface area (Å²) in [5.41, 5.74) is 4.82. The zero-order valence-corrected chi connectivity index (χ0v) is 12.2. The first-order valence-corrected chi connectivity index (χ1v) is 6.84. The first-order valence-electron chi connectivity index (χ1n) is 6.84. The van der Waals surface area contributed by atoms with Crippen LogP contribution in [0.3, 0.4) is 0 Å². The normalized spacial score (nSPS) is 15.9. The van der Waals surface area contributed by atoms with E-state index < -0.39 is 5.54 Å². The average molecular weight is 270 g/mol. The molecule has 0 aromatic heterocycles. The van der Waals surface area contributed by atoms with Crippen LogP contribution < -0.4 is 11.1 Å². The van der Waals surface area contributed by atoms with Crippen molar-refractivity contribution >= 4 is 11.8 Å².